The molecule has 1 heterocycles. The first-order valence-corrected chi connectivity index (χ1v) is 7.13. The summed E-state index contributed by atoms with van der Waals surface area (Å²) in [6.07, 6.45) is 0.717. The molecule has 5 heteroatoms. The SMILES string of the molecule is Cc1ccc(CN(CCN(C)C)C(=O)C(C)CCN)o1. The van der Waals surface area contributed by atoms with Gasteiger partial charge in [0.25, 0.3) is 0 Å². The first-order chi connectivity index (χ1) is 9.43. The third-order valence-corrected chi connectivity index (χ3v) is 3.29. The Balaban J connectivity index is 2.70. The molecule has 20 heavy (non-hydrogen) atoms. The molecule has 0 aromatic carbocycles. The van der Waals surface area contributed by atoms with Gasteiger partial charge in [-0.15, -0.1) is 0 Å². The summed E-state index contributed by atoms with van der Waals surface area (Å²) in [7, 11) is 4.01. The second kappa shape index (κ2) is 8.07. The van der Waals surface area contributed by atoms with Crippen LogP contribution in [0.5, 0.6) is 0 Å². The molecule has 0 bridgehead atoms. The average molecular weight is 281 g/mol. The summed E-state index contributed by atoms with van der Waals surface area (Å²) in [4.78, 5) is 16.4. The molecular formula is C15H27N3O2. The van der Waals surface area contributed by atoms with Gasteiger partial charge in [-0.1, -0.05) is 6.92 Å². The van der Waals surface area contributed by atoms with Gasteiger partial charge < -0.3 is 20.0 Å². The number of hydrogen-bond donors (Lipinski definition) is 1. The summed E-state index contributed by atoms with van der Waals surface area (Å²) in [5, 5.41) is 0. The molecule has 0 spiro atoms. The average Bonchev–Trinajstić information content (AvgIpc) is 2.79. The maximum atomic E-state index is 12.5. The molecule has 1 aromatic heterocycles. The molecule has 0 saturated heterocycles. The predicted octanol–water partition coefficient (Wildman–Crippen LogP) is 1.46. The van der Waals surface area contributed by atoms with Crippen molar-refractivity contribution in [1.82, 2.24) is 9.80 Å². The molecule has 0 aliphatic heterocycles. The highest BCUT2D eigenvalue weighted by Crippen LogP contribution is 2.13. The zero-order valence-electron chi connectivity index (χ0n) is 13.1. The Hall–Kier alpha value is -1.33. The van der Waals surface area contributed by atoms with Crippen molar-refractivity contribution in [2.24, 2.45) is 11.7 Å². The predicted molar refractivity (Wildman–Crippen MR) is 80.3 cm³/mol. The Morgan fingerprint density at radius 1 is 1.35 bits per heavy atom. The summed E-state index contributed by atoms with van der Waals surface area (Å²) in [5.74, 6) is 1.80. The summed E-state index contributed by atoms with van der Waals surface area (Å²) in [5.41, 5.74) is 5.55. The van der Waals surface area contributed by atoms with E-state index in [4.69, 9.17) is 10.2 Å². The van der Waals surface area contributed by atoms with Gasteiger partial charge in [-0.25, -0.2) is 0 Å². The highest BCUT2D eigenvalue weighted by atomic mass is 16.3. The number of hydrogen-bond acceptors (Lipinski definition) is 4. The number of carbonyl (C=O) groups is 1. The molecule has 114 valence electrons. The summed E-state index contributed by atoms with van der Waals surface area (Å²) in [6, 6.07) is 3.85. The van der Waals surface area contributed by atoms with Crippen molar-refractivity contribution in [3.05, 3.63) is 23.7 Å². The maximum absolute atomic E-state index is 12.5. The van der Waals surface area contributed by atoms with E-state index in [1.807, 2.05) is 45.0 Å². The topological polar surface area (TPSA) is 62.7 Å². The fourth-order valence-corrected chi connectivity index (χ4v) is 2.03. The molecule has 0 aliphatic rings. The fraction of sp³-hybridized carbons (Fsp3) is 0.667. The first kappa shape index (κ1) is 16.7. The van der Waals surface area contributed by atoms with Crippen LogP contribution in [0, 0.1) is 12.8 Å². The Morgan fingerprint density at radius 3 is 2.55 bits per heavy atom. The van der Waals surface area contributed by atoms with Crippen molar-refractivity contribution in [3.8, 4) is 0 Å². The van der Waals surface area contributed by atoms with Crippen LogP contribution in [0.3, 0.4) is 0 Å². The van der Waals surface area contributed by atoms with Crippen LogP contribution in [0.1, 0.15) is 24.9 Å². The van der Waals surface area contributed by atoms with Crippen molar-refractivity contribution in [2.45, 2.75) is 26.8 Å². The molecule has 5 nitrogen and oxygen atoms in total. The van der Waals surface area contributed by atoms with E-state index < -0.39 is 0 Å². The monoisotopic (exact) mass is 281 g/mol. The number of carbonyl (C=O) groups excluding carboxylic acids is 1. The third-order valence-electron chi connectivity index (χ3n) is 3.29. The van der Waals surface area contributed by atoms with Crippen LogP contribution < -0.4 is 5.73 Å². The van der Waals surface area contributed by atoms with E-state index in [-0.39, 0.29) is 11.8 Å². The number of rotatable bonds is 8. The van der Waals surface area contributed by atoms with Crippen LogP contribution in [0.15, 0.2) is 16.5 Å². The van der Waals surface area contributed by atoms with Gasteiger partial charge in [0.15, 0.2) is 0 Å². The normalized spacial score (nSPS) is 12.7. The third kappa shape index (κ3) is 5.35. The largest absolute Gasteiger partial charge is 0.464 e. The second-order valence-electron chi connectivity index (χ2n) is 5.55. The quantitative estimate of drug-likeness (QED) is 0.783. The minimum absolute atomic E-state index is 0.0433. The van der Waals surface area contributed by atoms with E-state index in [9.17, 15) is 4.79 Å². The standard InChI is InChI=1S/C15H27N3O2/c1-12(7-8-16)15(19)18(10-9-17(3)4)11-14-6-5-13(2)20-14/h5-6,12H,7-11,16H2,1-4H3. The van der Waals surface area contributed by atoms with Crippen molar-refractivity contribution in [2.75, 3.05) is 33.7 Å². The number of amides is 1. The van der Waals surface area contributed by atoms with Gasteiger partial charge in [-0.3, -0.25) is 4.79 Å². The van der Waals surface area contributed by atoms with Crippen LogP contribution >= 0.6 is 0 Å². The van der Waals surface area contributed by atoms with Crippen LogP contribution in [0.4, 0.5) is 0 Å². The Bertz CT molecular complexity index is 415. The van der Waals surface area contributed by atoms with Gasteiger partial charge in [0.05, 0.1) is 6.54 Å². The molecule has 1 amide bonds. The van der Waals surface area contributed by atoms with Crippen LogP contribution in [-0.4, -0.2) is 49.4 Å². The molecule has 0 saturated carbocycles. The van der Waals surface area contributed by atoms with Crippen LogP contribution in [0.25, 0.3) is 0 Å². The summed E-state index contributed by atoms with van der Waals surface area (Å²) < 4.78 is 5.58. The Kier molecular flexibility index (Phi) is 6.75. The van der Waals surface area contributed by atoms with Crippen LogP contribution in [0.2, 0.25) is 0 Å². The minimum Gasteiger partial charge on any atom is -0.464 e. The Morgan fingerprint density at radius 2 is 2.05 bits per heavy atom. The molecule has 1 unspecified atom stereocenters. The van der Waals surface area contributed by atoms with E-state index >= 15 is 0 Å². The van der Waals surface area contributed by atoms with Gasteiger partial charge in [0.2, 0.25) is 5.91 Å². The van der Waals surface area contributed by atoms with E-state index in [1.165, 1.54) is 0 Å². The lowest BCUT2D eigenvalue weighted by Crippen LogP contribution is -2.39. The lowest BCUT2D eigenvalue weighted by molar-refractivity contribution is -0.136. The Labute approximate surface area is 121 Å². The smallest absolute Gasteiger partial charge is 0.225 e. The van der Waals surface area contributed by atoms with E-state index in [0.29, 0.717) is 26.1 Å². The highest BCUT2D eigenvalue weighted by Gasteiger charge is 2.21. The molecule has 0 aliphatic carbocycles. The molecule has 2 N–H and O–H groups in total. The minimum atomic E-state index is -0.0433. The number of furan rings is 1. The molecule has 0 fully saturated rings. The van der Waals surface area contributed by atoms with Gasteiger partial charge >= 0.3 is 0 Å². The van der Waals surface area contributed by atoms with Crippen molar-refractivity contribution < 1.29 is 9.21 Å². The zero-order chi connectivity index (χ0) is 15.1. The molecule has 1 rings (SSSR count). The first-order valence-electron chi connectivity index (χ1n) is 7.13. The molecular weight excluding hydrogens is 254 g/mol. The molecule has 0 radical (unpaired) electrons. The summed E-state index contributed by atoms with van der Waals surface area (Å²) in [6.45, 7) is 6.43. The van der Waals surface area contributed by atoms with Gasteiger partial charge in [0, 0.05) is 19.0 Å². The van der Waals surface area contributed by atoms with Crippen molar-refractivity contribution >= 4 is 5.91 Å². The maximum Gasteiger partial charge on any atom is 0.225 e. The second-order valence-corrected chi connectivity index (χ2v) is 5.55. The van der Waals surface area contributed by atoms with Gasteiger partial charge in [0.1, 0.15) is 11.5 Å². The number of nitrogens with two attached hydrogens (primary N) is 1. The van der Waals surface area contributed by atoms with E-state index in [0.717, 1.165) is 18.1 Å². The molecule has 1 aromatic rings. The fourth-order valence-electron chi connectivity index (χ4n) is 2.03. The zero-order valence-corrected chi connectivity index (χ0v) is 13.1. The number of aryl methyl sites for hydroxylation is 1. The van der Waals surface area contributed by atoms with Crippen LogP contribution in [-0.2, 0) is 11.3 Å². The highest BCUT2D eigenvalue weighted by molar-refractivity contribution is 5.78. The number of nitrogens with zero attached hydrogens (tertiary/aromatic N) is 2. The molecule has 1 atom stereocenters. The van der Waals surface area contributed by atoms with Crippen molar-refractivity contribution in [3.63, 3.8) is 0 Å². The lowest BCUT2D eigenvalue weighted by atomic mass is 10.1. The summed E-state index contributed by atoms with van der Waals surface area (Å²) >= 11 is 0. The lowest BCUT2D eigenvalue weighted by Gasteiger charge is -2.26. The van der Waals surface area contributed by atoms with E-state index in [1.54, 1.807) is 0 Å². The van der Waals surface area contributed by atoms with Gasteiger partial charge in [-0.2, -0.15) is 0 Å². The van der Waals surface area contributed by atoms with E-state index in [2.05, 4.69) is 4.90 Å². The van der Waals surface area contributed by atoms with Gasteiger partial charge in [-0.05, 0) is 46.1 Å². The van der Waals surface area contributed by atoms with Crippen molar-refractivity contribution in [1.29, 1.82) is 0 Å². The number of likely N-dealkylation sites (N-methyl/N-ethyl adjacent to an activating group) is 1.